The van der Waals surface area contributed by atoms with E-state index in [-0.39, 0.29) is 11.9 Å². The predicted molar refractivity (Wildman–Crippen MR) is 84.0 cm³/mol. The number of thiophene rings is 1. The van der Waals surface area contributed by atoms with Gasteiger partial charge in [0.25, 0.3) is 0 Å². The van der Waals surface area contributed by atoms with Crippen LogP contribution in [0.5, 0.6) is 0 Å². The van der Waals surface area contributed by atoms with Crippen LogP contribution in [0.4, 0.5) is 4.39 Å². The van der Waals surface area contributed by atoms with Crippen molar-refractivity contribution in [2.24, 2.45) is 0 Å². The molecule has 0 saturated carbocycles. The Morgan fingerprint density at radius 1 is 1.37 bits per heavy atom. The highest BCUT2D eigenvalue weighted by Crippen LogP contribution is 2.38. The van der Waals surface area contributed by atoms with Crippen molar-refractivity contribution in [3.63, 3.8) is 0 Å². The maximum absolute atomic E-state index is 13.3. The van der Waals surface area contributed by atoms with E-state index in [4.69, 9.17) is 23.2 Å². The van der Waals surface area contributed by atoms with Crippen LogP contribution in [0.25, 0.3) is 0 Å². The second-order valence-electron chi connectivity index (χ2n) is 3.94. The molecule has 19 heavy (non-hydrogen) atoms. The zero-order valence-electron chi connectivity index (χ0n) is 10.0. The lowest BCUT2D eigenvalue weighted by Crippen LogP contribution is -2.21. The zero-order chi connectivity index (χ0) is 14.0. The molecule has 1 aromatic carbocycles. The summed E-state index contributed by atoms with van der Waals surface area (Å²) in [5.74, 6) is -0.284. The monoisotopic (exact) mass is 381 g/mol. The Balaban J connectivity index is 2.44. The number of hydrogen-bond acceptors (Lipinski definition) is 2. The largest absolute Gasteiger partial charge is 0.306 e. The first kappa shape index (κ1) is 15.3. The van der Waals surface area contributed by atoms with Crippen LogP contribution in [0, 0.1) is 5.82 Å². The first-order valence-electron chi connectivity index (χ1n) is 5.66. The SMILES string of the molecule is CCNC(c1ccc(F)c(Br)c1)c1cc(Cl)sc1Cl. The molecule has 102 valence electrons. The lowest BCUT2D eigenvalue weighted by Gasteiger charge is -2.18. The zero-order valence-corrected chi connectivity index (χ0v) is 13.9. The summed E-state index contributed by atoms with van der Waals surface area (Å²) in [5.41, 5.74) is 1.85. The van der Waals surface area contributed by atoms with Crippen LogP contribution in [0.3, 0.4) is 0 Å². The van der Waals surface area contributed by atoms with Gasteiger partial charge in [0.05, 0.1) is 19.2 Å². The fourth-order valence-electron chi connectivity index (χ4n) is 1.85. The average molecular weight is 383 g/mol. The summed E-state index contributed by atoms with van der Waals surface area (Å²) in [6.45, 7) is 2.77. The van der Waals surface area contributed by atoms with E-state index in [2.05, 4.69) is 21.2 Å². The Kier molecular flexibility index (Phi) is 5.26. The van der Waals surface area contributed by atoms with E-state index in [1.807, 2.05) is 13.0 Å². The molecule has 0 spiro atoms. The normalized spacial score (nSPS) is 12.7. The molecule has 2 rings (SSSR count). The Labute approximate surface area is 133 Å². The summed E-state index contributed by atoms with van der Waals surface area (Å²) >= 11 is 16.7. The third-order valence-corrected chi connectivity index (χ3v) is 4.81. The topological polar surface area (TPSA) is 12.0 Å². The molecule has 0 aliphatic heterocycles. The van der Waals surface area contributed by atoms with Gasteiger partial charge >= 0.3 is 0 Å². The van der Waals surface area contributed by atoms with E-state index in [0.29, 0.717) is 13.1 Å². The van der Waals surface area contributed by atoms with Crippen LogP contribution in [-0.4, -0.2) is 6.54 Å². The summed E-state index contributed by atoms with van der Waals surface area (Å²) in [7, 11) is 0. The van der Waals surface area contributed by atoms with E-state index in [9.17, 15) is 4.39 Å². The van der Waals surface area contributed by atoms with Crippen LogP contribution >= 0.6 is 50.5 Å². The number of rotatable bonds is 4. The summed E-state index contributed by atoms with van der Waals surface area (Å²) in [4.78, 5) is 0. The Bertz CT molecular complexity index is 588. The smallest absolute Gasteiger partial charge is 0.137 e. The van der Waals surface area contributed by atoms with Gasteiger partial charge in [-0.15, -0.1) is 11.3 Å². The maximum atomic E-state index is 13.3. The summed E-state index contributed by atoms with van der Waals surface area (Å²) in [6, 6.07) is 6.68. The Hall–Kier alpha value is -0.130. The molecule has 1 heterocycles. The van der Waals surface area contributed by atoms with Crippen LogP contribution in [0.15, 0.2) is 28.7 Å². The lowest BCUT2D eigenvalue weighted by atomic mass is 10.0. The van der Waals surface area contributed by atoms with Crippen LogP contribution < -0.4 is 5.32 Å². The average Bonchev–Trinajstić information content (AvgIpc) is 2.69. The molecule has 0 radical (unpaired) electrons. The van der Waals surface area contributed by atoms with Gasteiger partial charge in [-0.2, -0.15) is 0 Å². The fourth-order valence-corrected chi connectivity index (χ4v) is 3.78. The van der Waals surface area contributed by atoms with Gasteiger partial charge in [-0.3, -0.25) is 0 Å². The number of benzene rings is 1. The van der Waals surface area contributed by atoms with Crippen molar-refractivity contribution in [2.45, 2.75) is 13.0 Å². The van der Waals surface area contributed by atoms with Gasteiger partial charge in [-0.25, -0.2) is 4.39 Å². The molecule has 1 unspecified atom stereocenters. The van der Waals surface area contributed by atoms with E-state index in [1.165, 1.54) is 17.4 Å². The van der Waals surface area contributed by atoms with E-state index in [0.717, 1.165) is 17.7 Å². The van der Waals surface area contributed by atoms with Crippen molar-refractivity contribution in [2.75, 3.05) is 6.54 Å². The van der Waals surface area contributed by atoms with Crippen LogP contribution in [0.1, 0.15) is 24.1 Å². The summed E-state index contributed by atoms with van der Waals surface area (Å²) < 4.78 is 15.0. The molecule has 0 saturated heterocycles. The van der Waals surface area contributed by atoms with Gasteiger partial charge in [-0.05, 0) is 46.2 Å². The van der Waals surface area contributed by atoms with Crippen molar-refractivity contribution in [1.82, 2.24) is 5.32 Å². The highest BCUT2D eigenvalue weighted by molar-refractivity contribution is 9.10. The van der Waals surface area contributed by atoms with Crippen LogP contribution in [-0.2, 0) is 0 Å². The van der Waals surface area contributed by atoms with Gasteiger partial charge in [0.1, 0.15) is 5.82 Å². The molecule has 1 aromatic heterocycles. The number of hydrogen-bond donors (Lipinski definition) is 1. The van der Waals surface area contributed by atoms with Crippen molar-refractivity contribution in [3.05, 3.63) is 54.4 Å². The third kappa shape index (κ3) is 3.50. The van der Waals surface area contributed by atoms with Gasteiger partial charge in [0, 0.05) is 5.56 Å². The quantitative estimate of drug-likeness (QED) is 0.719. The van der Waals surface area contributed by atoms with Crippen LogP contribution in [0.2, 0.25) is 8.67 Å². The van der Waals surface area contributed by atoms with E-state index >= 15 is 0 Å². The summed E-state index contributed by atoms with van der Waals surface area (Å²) in [6.07, 6.45) is 0. The second kappa shape index (κ2) is 6.55. The van der Waals surface area contributed by atoms with E-state index in [1.54, 1.807) is 12.1 Å². The number of halogens is 4. The molecule has 1 N–H and O–H groups in total. The highest BCUT2D eigenvalue weighted by Gasteiger charge is 2.19. The molecule has 1 atom stereocenters. The third-order valence-electron chi connectivity index (χ3n) is 2.68. The second-order valence-corrected chi connectivity index (χ2v) is 7.08. The van der Waals surface area contributed by atoms with Gasteiger partial charge in [0.15, 0.2) is 0 Å². The van der Waals surface area contributed by atoms with Crippen molar-refractivity contribution in [1.29, 1.82) is 0 Å². The van der Waals surface area contributed by atoms with Gasteiger partial charge in [0.2, 0.25) is 0 Å². The minimum absolute atomic E-state index is 0.0989. The predicted octanol–water partition coefficient (Wildman–Crippen LogP) is 5.66. The standard InChI is InChI=1S/C13H11BrCl2FNS/c1-2-18-12(8-6-11(15)19-13(8)16)7-3-4-10(17)9(14)5-7/h3-6,12,18H,2H2,1H3. The molecule has 1 nitrogen and oxygen atoms in total. The molecule has 0 bridgehead atoms. The molecular weight excluding hydrogens is 372 g/mol. The van der Waals surface area contributed by atoms with Crippen molar-refractivity contribution >= 4 is 50.5 Å². The minimum atomic E-state index is -0.284. The van der Waals surface area contributed by atoms with Gasteiger partial charge in [-0.1, -0.05) is 36.2 Å². The van der Waals surface area contributed by atoms with E-state index < -0.39 is 0 Å². The summed E-state index contributed by atoms with van der Waals surface area (Å²) in [5, 5.41) is 3.34. The molecule has 0 aliphatic carbocycles. The molecule has 2 aromatic rings. The highest BCUT2D eigenvalue weighted by atomic mass is 79.9. The molecule has 0 fully saturated rings. The molecule has 6 heteroatoms. The van der Waals surface area contributed by atoms with Gasteiger partial charge < -0.3 is 5.32 Å². The number of nitrogens with one attached hydrogen (secondary N) is 1. The Morgan fingerprint density at radius 3 is 2.63 bits per heavy atom. The Morgan fingerprint density at radius 2 is 2.11 bits per heavy atom. The first-order valence-corrected chi connectivity index (χ1v) is 8.02. The maximum Gasteiger partial charge on any atom is 0.137 e. The van der Waals surface area contributed by atoms with Crippen molar-refractivity contribution in [3.8, 4) is 0 Å². The first-order chi connectivity index (χ1) is 9.02. The molecule has 0 amide bonds. The molecule has 0 aliphatic rings. The lowest BCUT2D eigenvalue weighted by molar-refractivity contribution is 0.609. The molecular formula is C13H11BrCl2FNS. The fraction of sp³-hybridized carbons (Fsp3) is 0.231. The minimum Gasteiger partial charge on any atom is -0.306 e. The van der Waals surface area contributed by atoms with Crippen molar-refractivity contribution < 1.29 is 4.39 Å².